The van der Waals surface area contributed by atoms with E-state index in [2.05, 4.69) is 0 Å². The fraction of sp³-hybridized carbons (Fsp3) is 1.00. The summed E-state index contributed by atoms with van der Waals surface area (Å²) < 4.78 is 20.8. The van der Waals surface area contributed by atoms with Gasteiger partial charge in [-0.1, -0.05) is 0 Å². The first kappa shape index (κ1) is 11.3. The molecule has 0 fully saturated rings. The zero-order valence-electron chi connectivity index (χ0n) is 7.71. The summed E-state index contributed by atoms with van der Waals surface area (Å²) in [4.78, 5) is 0. The highest BCUT2D eigenvalue weighted by Crippen LogP contribution is 2.13. The number of hydrogen-bond donors (Lipinski definition) is 0. The zero-order chi connectivity index (χ0) is 8.91. The molecular weight excluding hydrogens is 180 g/mol. The minimum absolute atomic E-state index is 0.0748. The Morgan fingerprint density at radius 1 is 1.09 bits per heavy atom. The lowest BCUT2D eigenvalue weighted by molar-refractivity contribution is 0.0767. The molecule has 0 amide bonds. The molecule has 0 heterocycles. The van der Waals surface area contributed by atoms with Crippen molar-refractivity contribution in [1.82, 2.24) is 0 Å². The molecule has 68 valence electrons. The van der Waals surface area contributed by atoms with Crippen LogP contribution in [-0.2, 0) is 17.7 Å². The van der Waals surface area contributed by atoms with Crippen LogP contribution in [0, 0.1) is 0 Å². The minimum Gasteiger partial charge on any atom is -0.421 e. The highest BCUT2D eigenvalue weighted by Gasteiger charge is 2.44. The van der Waals surface area contributed by atoms with Gasteiger partial charge < -0.3 is 17.7 Å². The molecule has 0 aromatic carbocycles. The maximum Gasteiger partial charge on any atom is 0.528 e. The van der Waals surface area contributed by atoms with Gasteiger partial charge in [0.25, 0.3) is 0 Å². The molecule has 0 aliphatic rings. The van der Waals surface area contributed by atoms with E-state index < -0.39 is 8.80 Å². The molecule has 1 unspecified atom stereocenters. The molecule has 0 aromatic rings. The molecule has 0 radical (unpaired) electrons. The van der Waals surface area contributed by atoms with Gasteiger partial charge in [0.1, 0.15) is 16.2 Å². The van der Waals surface area contributed by atoms with Crippen molar-refractivity contribution in [2.45, 2.75) is 12.7 Å². The van der Waals surface area contributed by atoms with Crippen molar-refractivity contribution in [2.75, 3.05) is 21.3 Å². The van der Waals surface area contributed by atoms with Crippen LogP contribution in [0.4, 0.5) is 0 Å². The van der Waals surface area contributed by atoms with Crippen LogP contribution in [0.5, 0.6) is 0 Å². The summed E-state index contributed by atoms with van der Waals surface area (Å²) in [6.45, 7) is 1.90. The van der Waals surface area contributed by atoms with E-state index in [1.807, 2.05) is 6.92 Å². The number of rotatable bonds is 5. The molecule has 11 heavy (non-hydrogen) atoms. The van der Waals surface area contributed by atoms with Gasteiger partial charge in [-0.05, 0) is 6.92 Å². The normalized spacial score (nSPS) is 15.3. The molecular formula is C5H16O4Si2. The van der Waals surface area contributed by atoms with Gasteiger partial charge in [0.2, 0.25) is 0 Å². The van der Waals surface area contributed by atoms with Crippen molar-refractivity contribution in [3.8, 4) is 0 Å². The predicted octanol–water partition coefficient (Wildman–Crippen LogP) is -0.911. The van der Waals surface area contributed by atoms with Crippen molar-refractivity contribution in [3.05, 3.63) is 0 Å². The van der Waals surface area contributed by atoms with Gasteiger partial charge in [0.05, 0.1) is 0 Å². The van der Waals surface area contributed by atoms with E-state index in [0.717, 1.165) is 0 Å². The van der Waals surface area contributed by atoms with Crippen LogP contribution in [-0.4, -0.2) is 46.3 Å². The summed E-state index contributed by atoms with van der Waals surface area (Å²) in [6, 6.07) is 0. The van der Waals surface area contributed by atoms with Gasteiger partial charge in [0, 0.05) is 21.3 Å². The third-order valence-corrected chi connectivity index (χ3v) is 5.82. The van der Waals surface area contributed by atoms with E-state index in [1.165, 1.54) is 0 Å². The molecule has 0 saturated carbocycles. The molecule has 1 atom stereocenters. The highest BCUT2D eigenvalue weighted by molar-refractivity contribution is 6.62. The minimum atomic E-state index is -2.51. The average molecular weight is 196 g/mol. The lowest BCUT2D eigenvalue weighted by Crippen LogP contribution is -2.54. The Balaban J connectivity index is 4.26. The summed E-state index contributed by atoms with van der Waals surface area (Å²) >= 11 is 0. The first-order chi connectivity index (χ1) is 5.16. The van der Waals surface area contributed by atoms with Gasteiger partial charge >= 0.3 is 8.80 Å². The topological polar surface area (TPSA) is 36.9 Å². The fourth-order valence-corrected chi connectivity index (χ4v) is 3.54. The highest BCUT2D eigenvalue weighted by atomic mass is 28.4. The van der Waals surface area contributed by atoms with Crippen LogP contribution < -0.4 is 0 Å². The van der Waals surface area contributed by atoms with Crippen molar-refractivity contribution in [2.24, 2.45) is 0 Å². The van der Waals surface area contributed by atoms with Gasteiger partial charge in [-0.25, -0.2) is 0 Å². The van der Waals surface area contributed by atoms with Gasteiger partial charge in [0.15, 0.2) is 0 Å². The quantitative estimate of drug-likeness (QED) is 0.534. The smallest absolute Gasteiger partial charge is 0.421 e. The maximum atomic E-state index is 5.21. The largest absolute Gasteiger partial charge is 0.528 e. The third-order valence-electron chi connectivity index (χ3n) is 1.70. The summed E-state index contributed by atoms with van der Waals surface area (Å²) in [7, 11) is 2.89. The van der Waals surface area contributed by atoms with Crippen LogP contribution in [0.25, 0.3) is 0 Å². The summed E-state index contributed by atoms with van der Waals surface area (Å²) in [5, 5.41) is 0. The van der Waals surface area contributed by atoms with Gasteiger partial charge in [-0.2, -0.15) is 0 Å². The third kappa shape index (κ3) is 2.36. The molecule has 0 N–H and O–H groups in total. The van der Waals surface area contributed by atoms with Crippen LogP contribution >= 0.6 is 0 Å². The zero-order valence-corrected chi connectivity index (χ0v) is 10.7. The Bertz CT molecular complexity index is 98.4. The van der Waals surface area contributed by atoms with Crippen molar-refractivity contribution in [1.29, 1.82) is 0 Å². The number of hydrogen-bond acceptors (Lipinski definition) is 4. The fourth-order valence-electron chi connectivity index (χ4n) is 0.892. The Kier molecular flexibility index (Phi) is 5.14. The molecule has 0 rings (SSSR count). The van der Waals surface area contributed by atoms with E-state index in [0.29, 0.717) is 10.5 Å². The standard InChI is InChI=1S/C5H16O4Si2/c1-5(9-10)11(6-2,7-3)8-4/h5H,1-4,10H3. The predicted molar refractivity (Wildman–Crippen MR) is 47.3 cm³/mol. The van der Waals surface area contributed by atoms with Crippen LogP contribution in [0.3, 0.4) is 0 Å². The Morgan fingerprint density at radius 3 is 1.55 bits per heavy atom. The maximum absolute atomic E-state index is 5.21. The van der Waals surface area contributed by atoms with E-state index in [-0.39, 0.29) is 5.73 Å². The summed E-state index contributed by atoms with van der Waals surface area (Å²) in [6.07, 6.45) is 0. The molecule has 0 saturated heterocycles. The first-order valence-corrected chi connectivity index (χ1v) is 5.97. The van der Waals surface area contributed by atoms with E-state index in [4.69, 9.17) is 17.7 Å². The molecule has 0 aromatic heterocycles. The average Bonchev–Trinajstić information content (AvgIpc) is 2.08. The summed E-state index contributed by atoms with van der Waals surface area (Å²) in [5.74, 6) is 0. The second-order valence-corrected chi connectivity index (χ2v) is 5.81. The Morgan fingerprint density at radius 2 is 1.45 bits per heavy atom. The van der Waals surface area contributed by atoms with Crippen LogP contribution in [0.2, 0.25) is 0 Å². The SMILES string of the molecule is CO[Si](OC)(OC)C(C)O[SiH3]. The monoisotopic (exact) mass is 196 g/mol. The van der Waals surface area contributed by atoms with E-state index in [1.54, 1.807) is 21.3 Å². The lowest BCUT2D eigenvalue weighted by atomic mass is 10.9. The van der Waals surface area contributed by atoms with Crippen LogP contribution in [0.15, 0.2) is 0 Å². The molecule has 0 aliphatic carbocycles. The molecule has 4 nitrogen and oxygen atoms in total. The molecule has 0 spiro atoms. The lowest BCUT2D eigenvalue weighted by Gasteiger charge is -2.29. The Labute approximate surface area is 71.7 Å². The van der Waals surface area contributed by atoms with Crippen molar-refractivity contribution < 1.29 is 17.7 Å². The first-order valence-electron chi connectivity index (χ1n) is 3.35. The van der Waals surface area contributed by atoms with Crippen LogP contribution in [0.1, 0.15) is 6.92 Å². The summed E-state index contributed by atoms with van der Waals surface area (Å²) in [5.41, 5.74) is -0.0748. The van der Waals surface area contributed by atoms with Crippen molar-refractivity contribution in [3.63, 3.8) is 0 Å². The molecule has 6 heteroatoms. The molecule has 0 bridgehead atoms. The van der Waals surface area contributed by atoms with E-state index >= 15 is 0 Å². The van der Waals surface area contributed by atoms with Crippen molar-refractivity contribution >= 4 is 19.3 Å². The second kappa shape index (κ2) is 5.01. The van der Waals surface area contributed by atoms with Gasteiger partial charge in [-0.15, -0.1) is 0 Å². The van der Waals surface area contributed by atoms with E-state index in [9.17, 15) is 0 Å². The molecule has 0 aliphatic heterocycles. The van der Waals surface area contributed by atoms with Gasteiger partial charge in [-0.3, -0.25) is 0 Å². The second-order valence-electron chi connectivity index (χ2n) is 2.09. The Hall–Kier alpha value is 0.274.